The van der Waals surface area contributed by atoms with Gasteiger partial charge >= 0.3 is 5.97 Å². The SMILES string of the molecule is CCCCCCCCC(=O)OCCOCCOCCOCCOCCOCCOCCOCCOCCOCCCCCCCl. The van der Waals surface area contributed by atoms with Crippen LogP contribution in [0.3, 0.4) is 0 Å². The van der Waals surface area contributed by atoms with Gasteiger partial charge in [0.1, 0.15) is 6.61 Å². The molecule has 45 heavy (non-hydrogen) atoms. The highest BCUT2D eigenvalue weighted by molar-refractivity contribution is 6.17. The average molecular weight is 673 g/mol. The van der Waals surface area contributed by atoms with Crippen molar-refractivity contribution in [3.8, 4) is 0 Å². The van der Waals surface area contributed by atoms with E-state index in [4.69, 9.17) is 59.0 Å². The van der Waals surface area contributed by atoms with E-state index in [1.807, 2.05) is 0 Å². The largest absolute Gasteiger partial charge is 0.463 e. The summed E-state index contributed by atoms with van der Waals surface area (Å²) in [6, 6.07) is 0. The number of halogens is 1. The second-order valence-electron chi connectivity index (χ2n) is 10.4. The van der Waals surface area contributed by atoms with Crippen molar-refractivity contribution < 1.29 is 52.2 Å². The fourth-order valence-corrected chi connectivity index (χ4v) is 4.04. The third-order valence-electron chi connectivity index (χ3n) is 6.37. The maximum Gasteiger partial charge on any atom is 0.305 e. The molecule has 0 aromatic rings. The number of hydrogen-bond donors (Lipinski definition) is 0. The van der Waals surface area contributed by atoms with Crippen molar-refractivity contribution in [3.05, 3.63) is 0 Å². The molecule has 0 saturated carbocycles. The second-order valence-corrected chi connectivity index (χ2v) is 10.7. The highest BCUT2D eigenvalue weighted by atomic mass is 35.5. The summed E-state index contributed by atoms with van der Waals surface area (Å²) in [6.07, 6.45) is 11.9. The Hall–Kier alpha value is -0.600. The summed E-state index contributed by atoms with van der Waals surface area (Å²) < 4.78 is 54.4. The maximum absolute atomic E-state index is 11.7. The zero-order valence-electron chi connectivity index (χ0n) is 28.3. The molecule has 0 aromatic heterocycles. The number of unbranched alkanes of at least 4 members (excludes halogenated alkanes) is 8. The van der Waals surface area contributed by atoms with Gasteiger partial charge in [-0.25, -0.2) is 0 Å². The van der Waals surface area contributed by atoms with E-state index in [1.165, 1.54) is 38.5 Å². The predicted molar refractivity (Wildman–Crippen MR) is 176 cm³/mol. The lowest BCUT2D eigenvalue weighted by Crippen LogP contribution is -2.15. The molecule has 0 aliphatic heterocycles. The summed E-state index contributed by atoms with van der Waals surface area (Å²) in [4.78, 5) is 11.7. The number of carbonyl (C=O) groups is 1. The lowest BCUT2D eigenvalue weighted by atomic mass is 10.1. The van der Waals surface area contributed by atoms with E-state index < -0.39 is 0 Å². The smallest absolute Gasteiger partial charge is 0.305 e. The Kier molecular flexibility index (Phi) is 40.9. The van der Waals surface area contributed by atoms with Crippen LogP contribution in [0, 0.1) is 0 Å². The molecule has 0 atom stereocenters. The zero-order chi connectivity index (χ0) is 32.6. The molecular formula is C33H65ClO11. The minimum atomic E-state index is -0.141. The Bertz CT molecular complexity index is 561. The van der Waals surface area contributed by atoms with Gasteiger partial charge in [0.15, 0.2) is 0 Å². The molecule has 0 unspecified atom stereocenters. The average Bonchev–Trinajstić information content (AvgIpc) is 3.05. The molecule has 0 aromatic carbocycles. The Balaban J connectivity index is 3.09. The Morgan fingerprint density at radius 2 is 0.689 bits per heavy atom. The van der Waals surface area contributed by atoms with Crippen molar-refractivity contribution in [2.75, 3.05) is 131 Å². The van der Waals surface area contributed by atoms with Crippen molar-refractivity contribution in [1.82, 2.24) is 0 Å². The van der Waals surface area contributed by atoms with Gasteiger partial charge in [0, 0.05) is 18.9 Å². The van der Waals surface area contributed by atoms with Crippen LogP contribution in [0.4, 0.5) is 0 Å². The highest BCUT2D eigenvalue weighted by Gasteiger charge is 2.02. The molecule has 0 aliphatic rings. The number of hydrogen-bond acceptors (Lipinski definition) is 11. The molecular weight excluding hydrogens is 608 g/mol. The standard InChI is InChI=1S/C33H65ClO11/c1-2-3-4-5-6-9-12-33(35)45-32-31-44-30-29-43-28-27-42-26-25-41-24-23-40-22-21-39-20-19-38-18-17-37-16-15-36-14-11-8-7-10-13-34/h2-32H2,1H3. The molecule has 12 heteroatoms. The van der Waals surface area contributed by atoms with E-state index >= 15 is 0 Å². The molecule has 0 heterocycles. The van der Waals surface area contributed by atoms with Gasteiger partial charge in [-0.15, -0.1) is 11.6 Å². The van der Waals surface area contributed by atoms with Crippen LogP contribution in [0.1, 0.15) is 77.6 Å². The van der Waals surface area contributed by atoms with Crippen molar-refractivity contribution in [3.63, 3.8) is 0 Å². The van der Waals surface area contributed by atoms with Crippen LogP contribution in [0.2, 0.25) is 0 Å². The molecule has 0 bridgehead atoms. The molecule has 0 radical (unpaired) electrons. The van der Waals surface area contributed by atoms with Crippen molar-refractivity contribution in [1.29, 1.82) is 0 Å². The predicted octanol–water partition coefficient (Wildman–Crippen LogP) is 5.23. The van der Waals surface area contributed by atoms with Crippen LogP contribution in [0.5, 0.6) is 0 Å². The molecule has 11 nitrogen and oxygen atoms in total. The minimum Gasteiger partial charge on any atom is -0.463 e. The fourth-order valence-electron chi connectivity index (χ4n) is 3.85. The molecule has 0 N–H and O–H groups in total. The van der Waals surface area contributed by atoms with Crippen molar-refractivity contribution in [2.24, 2.45) is 0 Å². The third-order valence-corrected chi connectivity index (χ3v) is 6.64. The minimum absolute atomic E-state index is 0.141. The van der Waals surface area contributed by atoms with E-state index in [1.54, 1.807) is 0 Å². The van der Waals surface area contributed by atoms with E-state index in [0.29, 0.717) is 119 Å². The zero-order valence-corrected chi connectivity index (χ0v) is 29.0. The maximum atomic E-state index is 11.7. The summed E-state index contributed by atoms with van der Waals surface area (Å²) in [7, 11) is 0. The lowest BCUT2D eigenvalue weighted by molar-refractivity contribution is -0.145. The van der Waals surface area contributed by atoms with Gasteiger partial charge in [0.25, 0.3) is 0 Å². The first-order valence-electron chi connectivity index (χ1n) is 17.2. The summed E-state index contributed by atoms with van der Waals surface area (Å²) in [5, 5.41) is 0. The number of rotatable bonds is 40. The van der Waals surface area contributed by atoms with Gasteiger partial charge in [0.2, 0.25) is 0 Å². The topological polar surface area (TPSA) is 109 Å². The summed E-state index contributed by atoms with van der Waals surface area (Å²) in [6.45, 7) is 12.0. The van der Waals surface area contributed by atoms with E-state index in [2.05, 4.69) is 6.92 Å². The normalized spacial score (nSPS) is 11.4. The summed E-state index contributed by atoms with van der Waals surface area (Å²) >= 11 is 5.65. The molecule has 0 amide bonds. The van der Waals surface area contributed by atoms with E-state index in [0.717, 1.165) is 38.2 Å². The van der Waals surface area contributed by atoms with Gasteiger partial charge in [-0.05, 0) is 19.3 Å². The lowest BCUT2D eigenvalue weighted by Gasteiger charge is -2.09. The quantitative estimate of drug-likeness (QED) is 0.0485. The monoisotopic (exact) mass is 672 g/mol. The van der Waals surface area contributed by atoms with Gasteiger partial charge in [-0.3, -0.25) is 4.79 Å². The fraction of sp³-hybridized carbons (Fsp3) is 0.970. The van der Waals surface area contributed by atoms with E-state index in [9.17, 15) is 4.79 Å². The molecule has 0 saturated heterocycles. The van der Waals surface area contributed by atoms with Crippen molar-refractivity contribution in [2.45, 2.75) is 77.6 Å². The first kappa shape index (κ1) is 44.4. The number of alkyl halides is 1. The second kappa shape index (κ2) is 41.4. The van der Waals surface area contributed by atoms with Gasteiger partial charge in [0.05, 0.1) is 112 Å². The Labute approximate surface area is 278 Å². The van der Waals surface area contributed by atoms with Crippen LogP contribution in [0.25, 0.3) is 0 Å². The van der Waals surface area contributed by atoms with E-state index in [-0.39, 0.29) is 12.6 Å². The number of ether oxygens (including phenoxy) is 10. The molecule has 270 valence electrons. The van der Waals surface area contributed by atoms with Crippen LogP contribution >= 0.6 is 11.6 Å². The molecule has 0 aliphatic carbocycles. The van der Waals surface area contributed by atoms with Crippen LogP contribution in [-0.4, -0.2) is 137 Å². The van der Waals surface area contributed by atoms with Gasteiger partial charge in [-0.2, -0.15) is 0 Å². The molecule has 0 rings (SSSR count). The summed E-state index contributed by atoms with van der Waals surface area (Å²) in [5.74, 6) is 0.602. The third kappa shape index (κ3) is 41.4. The first-order valence-corrected chi connectivity index (χ1v) is 17.8. The highest BCUT2D eigenvalue weighted by Crippen LogP contribution is 2.07. The summed E-state index contributed by atoms with van der Waals surface area (Å²) in [5.41, 5.74) is 0. The number of esters is 1. The van der Waals surface area contributed by atoms with Crippen LogP contribution < -0.4 is 0 Å². The van der Waals surface area contributed by atoms with Crippen LogP contribution in [-0.2, 0) is 52.2 Å². The molecule has 0 fully saturated rings. The first-order chi connectivity index (χ1) is 22.3. The Morgan fingerprint density at radius 3 is 1.09 bits per heavy atom. The van der Waals surface area contributed by atoms with Crippen LogP contribution in [0.15, 0.2) is 0 Å². The molecule has 0 spiro atoms. The van der Waals surface area contributed by atoms with Gasteiger partial charge < -0.3 is 47.4 Å². The number of carbonyl (C=O) groups excluding carboxylic acids is 1. The van der Waals surface area contributed by atoms with Gasteiger partial charge in [-0.1, -0.05) is 51.9 Å². The van der Waals surface area contributed by atoms with Crippen molar-refractivity contribution >= 4 is 17.6 Å². The Morgan fingerprint density at radius 1 is 0.378 bits per heavy atom.